The van der Waals surface area contributed by atoms with Crippen molar-refractivity contribution in [1.82, 2.24) is 0 Å². The second kappa shape index (κ2) is 6.68. The molecule has 0 saturated heterocycles. The van der Waals surface area contributed by atoms with E-state index in [1.807, 2.05) is 42.5 Å². The highest BCUT2D eigenvalue weighted by Crippen LogP contribution is 2.34. The molecule has 4 aromatic rings. The highest BCUT2D eigenvalue weighted by Gasteiger charge is 2.17. The zero-order chi connectivity index (χ0) is 19.8. The summed E-state index contributed by atoms with van der Waals surface area (Å²) in [6.07, 6.45) is 0. The van der Waals surface area contributed by atoms with Crippen LogP contribution in [-0.2, 0) is 0 Å². The van der Waals surface area contributed by atoms with Gasteiger partial charge in [-0.05, 0) is 41.1 Å². The first-order valence-electron chi connectivity index (χ1n) is 8.98. The molecule has 28 heavy (non-hydrogen) atoms. The average Bonchev–Trinajstić information content (AvgIpc) is 2.99. The van der Waals surface area contributed by atoms with Gasteiger partial charge in [-0.25, -0.2) is 0 Å². The van der Waals surface area contributed by atoms with E-state index >= 15 is 0 Å². The molecule has 0 radical (unpaired) electrons. The largest absolute Gasteiger partial charge is 0.457 e. The van der Waals surface area contributed by atoms with Crippen LogP contribution in [0.2, 0.25) is 0 Å². The van der Waals surface area contributed by atoms with Crippen LogP contribution in [0.15, 0.2) is 59.4 Å². The van der Waals surface area contributed by atoms with E-state index in [0.717, 1.165) is 10.8 Å². The van der Waals surface area contributed by atoms with E-state index in [2.05, 4.69) is 13.8 Å². The van der Waals surface area contributed by atoms with Gasteiger partial charge in [0, 0.05) is 16.2 Å². The van der Waals surface area contributed by atoms with Crippen molar-refractivity contribution >= 4 is 27.1 Å². The number of benzene rings is 3. The summed E-state index contributed by atoms with van der Waals surface area (Å²) in [4.78, 5) is 12.8. The van der Waals surface area contributed by atoms with E-state index < -0.39 is 0 Å². The minimum absolute atomic E-state index is 0.166. The minimum Gasteiger partial charge on any atom is -0.457 e. The molecule has 0 unspecified atom stereocenters. The lowest BCUT2D eigenvalue weighted by Gasteiger charge is -2.11. The van der Waals surface area contributed by atoms with E-state index in [1.165, 1.54) is 5.56 Å². The predicted octanol–water partition coefficient (Wildman–Crippen LogP) is 4.62. The lowest BCUT2D eigenvalue weighted by Crippen LogP contribution is -2.21. The van der Waals surface area contributed by atoms with Gasteiger partial charge in [0.25, 0.3) is 0 Å². The molecule has 0 aliphatic carbocycles. The second-order valence-corrected chi connectivity index (χ2v) is 6.97. The molecular formula is C24H16N2O2. The monoisotopic (exact) mass is 364 g/mol. The summed E-state index contributed by atoms with van der Waals surface area (Å²) >= 11 is 0. The molecule has 0 amide bonds. The quantitative estimate of drug-likeness (QED) is 0.531. The van der Waals surface area contributed by atoms with Gasteiger partial charge in [0.05, 0.1) is 5.22 Å². The van der Waals surface area contributed by atoms with Gasteiger partial charge in [-0.2, -0.15) is 10.5 Å². The van der Waals surface area contributed by atoms with Crippen molar-refractivity contribution in [2.75, 3.05) is 0 Å². The summed E-state index contributed by atoms with van der Waals surface area (Å²) in [6, 6.07) is 20.5. The van der Waals surface area contributed by atoms with Crippen LogP contribution < -0.4 is 15.4 Å². The summed E-state index contributed by atoms with van der Waals surface area (Å²) in [5.74, 6) is 1.78. The Labute approximate surface area is 161 Å². The van der Waals surface area contributed by atoms with Crippen molar-refractivity contribution < 1.29 is 4.74 Å². The zero-order valence-electron chi connectivity index (χ0n) is 15.5. The Morgan fingerprint density at radius 1 is 0.893 bits per heavy atom. The molecule has 0 bridgehead atoms. The first-order valence-corrected chi connectivity index (χ1v) is 8.98. The second-order valence-electron chi connectivity index (χ2n) is 6.97. The molecule has 0 aromatic heterocycles. The molecule has 0 heterocycles. The highest BCUT2D eigenvalue weighted by molar-refractivity contribution is 6.14. The van der Waals surface area contributed by atoms with E-state index in [0.29, 0.717) is 28.2 Å². The van der Waals surface area contributed by atoms with Crippen LogP contribution in [0.1, 0.15) is 25.3 Å². The molecule has 0 atom stereocenters. The number of ether oxygens (including phenoxy) is 1. The summed E-state index contributed by atoms with van der Waals surface area (Å²) in [5, 5.41) is 21.3. The van der Waals surface area contributed by atoms with Gasteiger partial charge in [-0.15, -0.1) is 0 Å². The molecule has 4 nitrogen and oxygen atoms in total. The Morgan fingerprint density at radius 2 is 1.57 bits per heavy atom. The first kappa shape index (κ1) is 17.5. The Bertz CT molecular complexity index is 1370. The molecule has 4 aromatic carbocycles. The van der Waals surface area contributed by atoms with Crippen LogP contribution in [0.5, 0.6) is 11.5 Å². The lowest BCUT2D eigenvalue weighted by molar-refractivity contribution is 0.488. The Kier molecular flexibility index (Phi) is 4.18. The van der Waals surface area contributed by atoms with Gasteiger partial charge in [0.2, 0.25) is 0 Å². The normalized spacial score (nSPS) is 10.9. The van der Waals surface area contributed by atoms with Gasteiger partial charge in [0.15, 0.2) is 5.43 Å². The SMILES string of the molecule is CC(C)c1ccc(Oc2ccc3c(=C(C#N)C#N)c(=O)c4cccc2c43)cc1. The highest BCUT2D eigenvalue weighted by atomic mass is 16.5. The third-order valence-corrected chi connectivity index (χ3v) is 4.99. The summed E-state index contributed by atoms with van der Waals surface area (Å²) in [5.41, 5.74) is 0.770. The molecule has 4 rings (SSSR count). The third kappa shape index (κ3) is 2.64. The van der Waals surface area contributed by atoms with Gasteiger partial charge >= 0.3 is 0 Å². The van der Waals surface area contributed by atoms with Crippen molar-refractivity contribution in [2.45, 2.75) is 19.8 Å². The molecule has 0 N–H and O–H groups in total. The van der Waals surface area contributed by atoms with Crippen LogP contribution in [0, 0.1) is 22.7 Å². The fourth-order valence-electron chi connectivity index (χ4n) is 3.56. The van der Waals surface area contributed by atoms with E-state index in [-0.39, 0.29) is 16.2 Å². The Morgan fingerprint density at radius 3 is 2.21 bits per heavy atom. The average molecular weight is 364 g/mol. The van der Waals surface area contributed by atoms with Crippen LogP contribution in [0.25, 0.3) is 27.1 Å². The summed E-state index contributed by atoms with van der Waals surface area (Å²) < 4.78 is 6.09. The van der Waals surface area contributed by atoms with Crippen molar-refractivity contribution in [3.05, 3.63) is 75.6 Å². The van der Waals surface area contributed by atoms with Crippen molar-refractivity contribution in [2.24, 2.45) is 0 Å². The maximum atomic E-state index is 12.8. The van der Waals surface area contributed by atoms with E-state index in [1.54, 1.807) is 24.3 Å². The van der Waals surface area contributed by atoms with Gasteiger partial charge < -0.3 is 4.74 Å². The molecule has 0 aliphatic heterocycles. The summed E-state index contributed by atoms with van der Waals surface area (Å²) in [7, 11) is 0. The fraction of sp³-hybridized carbons (Fsp3) is 0.125. The van der Waals surface area contributed by atoms with Gasteiger partial charge in [-0.3, -0.25) is 4.79 Å². The van der Waals surface area contributed by atoms with Crippen molar-refractivity contribution in [3.63, 3.8) is 0 Å². The van der Waals surface area contributed by atoms with Crippen LogP contribution in [0.4, 0.5) is 0 Å². The Balaban J connectivity index is 1.93. The number of nitrogens with zero attached hydrogens (tertiary/aromatic N) is 2. The Hall–Kier alpha value is -3.89. The van der Waals surface area contributed by atoms with E-state index in [9.17, 15) is 15.3 Å². The van der Waals surface area contributed by atoms with Crippen molar-refractivity contribution in [3.8, 4) is 23.6 Å². The fourth-order valence-corrected chi connectivity index (χ4v) is 3.56. The standard InChI is InChI=1S/C24H16N2O2/c1-14(2)15-6-8-17(9-7-15)28-21-11-10-19-22(16(12-25)13-26)24(27)20-5-3-4-18(21)23(19)20/h3-11,14H,1-2H3. The molecule has 4 heteroatoms. The number of hydrogen-bond donors (Lipinski definition) is 0. The molecule has 0 fully saturated rings. The van der Waals surface area contributed by atoms with Gasteiger partial charge in [-0.1, -0.05) is 44.2 Å². The van der Waals surface area contributed by atoms with Crippen LogP contribution in [-0.4, -0.2) is 0 Å². The molecule has 0 spiro atoms. The smallest absolute Gasteiger partial charge is 0.196 e. The maximum Gasteiger partial charge on any atom is 0.196 e. The molecule has 134 valence electrons. The molecular weight excluding hydrogens is 348 g/mol. The molecule has 0 aliphatic rings. The number of nitriles is 2. The lowest BCUT2D eigenvalue weighted by atomic mass is 10.0. The zero-order valence-corrected chi connectivity index (χ0v) is 15.5. The van der Waals surface area contributed by atoms with Crippen molar-refractivity contribution in [1.29, 1.82) is 10.5 Å². The predicted molar refractivity (Wildman–Crippen MR) is 109 cm³/mol. The molecule has 0 saturated carbocycles. The minimum atomic E-state index is -0.294. The van der Waals surface area contributed by atoms with E-state index in [4.69, 9.17) is 4.74 Å². The topological polar surface area (TPSA) is 73.9 Å². The number of hydrogen-bond acceptors (Lipinski definition) is 4. The van der Waals surface area contributed by atoms with Crippen LogP contribution >= 0.6 is 0 Å². The first-order chi connectivity index (χ1) is 13.5. The summed E-state index contributed by atoms with van der Waals surface area (Å²) in [6.45, 7) is 4.27. The maximum absolute atomic E-state index is 12.8. The van der Waals surface area contributed by atoms with Gasteiger partial charge in [0.1, 0.15) is 29.2 Å². The third-order valence-electron chi connectivity index (χ3n) is 4.99. The number of rotatable bonds is 3. The van der Waals surface area contributed by atoms with Crippen LogP contribution in [0.3, 0.4) is 0 Å².